The van der Waals surface area contributed by atoms with Gasteiger partial charge in [0.15, 0.2) is 0 Å². The van der Waals surface area contributed by atoms with E-state index in [0.29, 0.717) is 71.8 Å². The number of allylic oxidation sites excluding steroid dienone is 12. The summed E-state index contributed by atoms with van der Waals surface area (Å²) in [7, 11) is 2.48. The van der Waals surface area contributed by atoms with Crippen LogP contribution in [0.4, 0.5) is 0 Å². The number of rotatable bonds is 7. The van der Waals surface area contributed by atoms with E-state index in [1.165, 1.54) is 135 Å². The highest BCUT2D eigenvalue weighted by molar-refractivity contribution is 5.35. The first kappa shape index (κ1) is 45.2. The third-order valence-corrected chi connectivity index (χ3v) is 22.2. The molecule has 5 nitrogen and oxygen atoms in total. The molecule has 0 spiro atoms. The Morgan fingerprint density at radius 3 is 2.26 bits per heavy atom. The Kier molecular flexibility index (Phi) is 12.7. The fourth-order valence-electron chi connectivity index (χ4n) is 18.9. The Labute approximate surface area is 412 Å². The minimum absolute atomic E-state index is 0.221. The summed E-state index contributed by atoms with van der Waals surface area (Å²) in [6, 6.07) is 2.38. The predicted molar refractivity (Wildman–Crippen MR) is 280 cm³/mol. The lowest BCUT2D eigenvalue weighted by Crippen LogP contribution is -2.75. The fraction of sp³-hybridized carbons (Fsp3) is 0.714. The van der Waals surface area contributed by atoms with Crippen LogP contribution in [0.5, 0.6) is 0 Å². The number of hydrogen-bond acceptors (Lipinski definition) is 5. The molecule has 13 rings (SSSR count). The Morgan fingerprint density at radius 1 is 0.574 bits per heavy atom. The van der Waals surface area contributed by atoms with Crippen LogP contribution in [0, 0.1) is 82.9 Å². The lowest BCUT2D eigenvalue weighted by Gasteiger charge is -2.54. The molecular formula is C63H89N5. The Bertz CT molecular complexity index is 2130. The van der Waals surface area contributed by atoms with Crippen molar-refractivity contribution < 1.29 is 0 Å². The first-order valence-corrected chi connectivity index (χ1v) is 29.4. The molecule has 2 N–H and O–H groups in total. The maximum Gasteiger partial charge on any atom is 0.120 e. The molecule has 0 aromatic heterocycles. The van der Waals surface area contributed by atoms with Crippen molar-refractivity contribution >= 4 is 0 Å². The highest BCUT2D eigenvalue weighted by Gasteiger charge is 2.59. The standard InChI is InChI=1S/C63H89N5/c1-40-17-14-29-53-56-39-54(41(2)60(56)67(59(40)53)51-27-16-25-47(37-51)42-18-6-4-7-19-42)49-33-34-58-55(38-49)52-28-12-13-30-57(52)68(58)63-65-61(64-62(66(63)3)44-21-8-5-9-22-44)50-26-15-24-46(36-50)48-32-31-43-20-10-11-23-45(43)35-48/h5,8,10-14,20,23,28-30,36-37,39-49,52-53,55-65H,4,6-7,9,15-19,21-22,24-27,31-35,38H2,1-3H3. The first-order valence-electron chi connectivity index (χ1n) is 29.4. The van der Waals surface area contributed by atoms with E-state index in [9.17, 15) is 0 Å². The fourth-order valence-corrected chi connectivity index (χ4v) is 18.9. The van der Waals surface area contributed by atoms with Gasteiger partial charge in [-0.15, -0.1) is 0 Å². The summed E-state index contributed by atoms with van der Waals surface area (Å²) in [6.07, 6.45) is 68.0. The first-order chi connectivity index (χ1) is 33.5. The predicted octanol–water partition coefficient (Wildman–Crippen LogP) is 13.2. The monoisotopic (exact) mass is 916 g/mol. The van der Waals surface area contributed by atoms with E-state index in [2.05, 4.69) is 137 Å². The molecule has 0 amide bonds. The molecule has 20 unspecified atom stereocenters. The average Bonchev–Trinajstić information content (AvgIpc) is 4.04. The van der Waals surface area contributed by atoms with Crippen LogP contribution in [-0.4, -0.2) is 64.5 Å². The molecule has 3 aliphatic heterocycles. The van der Waals surface area contributed by atoms with Gasteiger partial charge in [0, 0.05) is 47.6 Å². The third kappa shape index (κ3) is 7.99. The topological polar surface area (TPSA) is 33.8 Å². The van der Waals surface area contributed by atoms with Gasteiger partial charge in [-0.25, -0.2) is 0 Å². The van der Waals surface area contributed by atoms with Crippen LogP contribution in [0.3, 0.4) is 0 Å². The molecule has 68 heavy (non-hydrogen) atoms. The quantitative estimate of drug-likeness (QED) is 0.249. The molecule has 3 saturated heterocycles. The smallest absolute Gasteiger partial charge is 0.120 e. The molecule has 10 aliphatic carbocycles. The van der Waals surface area contributed by atoms with Crippen LogP contribution in [0.2, 0.25) is 0 Å². The summed E-state index contributed by atoms with van der Waals surface area (Å²) >= 11 is 0. The van der Waals surface area contributed by atoms with Gasteiger partial charge in [0.1, 0.15) is 6.29 Å². The van der Waals surface area contributed by atoms with Gasteiger partial charge < -0.3 is 4.90 Å². The van der Waals surface area contributed by atoms with Gasteiger partial charge in [-0.05, 0) is 193 Å². The zero-order chi connectivity index (χ0) is 45.5. The lowest BCUT2D eigenvalue weighted by molar-refractivity contribution is -0.0852. The molecule has 0 aromatic rings. The van der Waals surface area contributed by atoms with Crippen molar-refractivity contribution in [3.05, 3.63) is 108 Å². The summed E-state index contributed by atoms with van der Waals surface area (Å²) in [4.78, 5) is 9.00. The summed E-state index contributed by atoms with van der Waals surface area (Å²) in [6.45, 7) is 5.29. The zero-order valence-electron chi connectivity index (χ0n) is 42.5. The summed E-state index contributed by atoms with van der Waals surface area (Å²) in [5.74, 6) is 10.2. The number of likely N-dealkylation sites (tertiary alicyclic amines) is 2. The maximum absolute atomic E-state index is 4.46. The van der Waals surface area contributed by atoms with E-state index in [1.54, 1.807) is 11.3 Å². The Balaban J connectivity index is 0.768. The molecule has 3 heterocycles. The molecule has 6 fully saturated rings. The largest absolute Gasteiger partial charge is 0.367 e. The van der Waals surface area contributed by atoms with E-state index in [4.69, 9.17) is 0 Å². The van der Waals surface area contributed by atoms with Gasteiger partial charge >= 0.3 is 0 Å². The highest BCUT2D eigenvalue weighted by Crippen LogP contribution is 2.58. The molecule has 0 radical (unpaired) electrons. The number of fused-ring (bicyclic) bond motifs is 7. The molecule has 0 aromatic carbocycles. The summed E-state index contributed by atoms with van der Waals surface area (Å²) < 4.78 is 0. The van der Waals surface area contributed by atoms with Gasteiger partial charge in [-0.2, -0.15) is 0 Å². The van der Waals surface area contributed by atoms with Crippen LogP contribution in [0.25, 0.3) is 0 Å². The zero-order valence-corrected chi connectivity index (χ0v) is 42.5. The molecule has 5 heteroatoms. The van der Waals surface area contributed by atoms with Gasteiger partial charge in [0.25, 0.3) is 0 Å². The number of nitrogens with zero attached hydrogens (tertiary/aromatic N) is 3. The second kappa shape index (κ2) is 19.0. The van der Waals surface area contributed by atoms with Crippen molar-refractivity contribution in [1.29, 1.82) is 0 Å². The van der Waals surface area contributed by atoms with Crippen LogP contribution >= 0.6 is 0 Å². The lowest BCUT2D eigenvalue weighted by atomic mass is 9.66. The van der Waals surface area contributed by atoms with E-state index < -0.39 is 0 Å². The van der Waals surface area contributed by atoms with Crippen molar-refractivity contribution in [2.75, 3.05) is 7.05 Å². The third-order valence-electron chi connectivity index (χ3n) is 22.2. The molecule has 366 valence electrons. The van der Waals surface area contributed by atoms with E-state index in [0.717, 1.165) is 41.4 Å². The van der Waals surface area contributed by atoms with Crippen molar-refractivity contribution in [3.8, 4) is 0 Å². The van der Waals surface area contributed by atoms with Crippen molar-refractivity contribution in [2.24, 2.45) is 82.9 Å². The minimum atomic E-state index is 0.221. The van der Waals surface area contributed by atoms with Gasteiger partial charge in [0.05, 0.1) is 12.3 Å². The minimum Gasteiger partial charge on any atom is -0.367 e. The summed E-state index contributed by atoms with van der Waals surface area (Å²) in [5.41, 5.74) is 5.31. The molecule has 13 aliphatic rings. The van der Waals surface area contributed by atoms with Crippen LogP contribution in [0.1, 0.15) is 149 Å². The second-order valence-electron chi connectivity index (χ2n) is 25.5. The maximum atomic E-state index is 4.46. The van der Waals surface area contributed by atoms with Crippen LogP contribution in [0.15, 0.2) is 108 Å². The van der Waals surface area contributed by atoms with Crippen molar-refractivity contribution in [1.82, 2.24) is 25.3 Å². The van der Waals surface area contributed by atoms with E-state index >= 15 is 0 Å². The van der Waals surface area contributed by atoms with Crippen molar-refractivity contribution in [3.63, 3.8) is 0 Å². The normalized spacial score (nSPS) is 48.0. The molecule has 3 saturated carbocycles. The highest BCUT2D eigenvalue weighted by atomic mass is 15.6. The second-order valence-corrected chi connectivity index (χ2v) is 25.5. The van der Waals surface area contributed by atoms with Gasteiger partial charge in [-0.3, -0.25) is 20.4 Å². The van der Waals surface area contributed by atoms with Gasteiger partial charge in [0.2, 0.25) is 0 Å². The molecular weight excluding hydrogens is 827 g/mol. The van der Waals surface area contributed by atoms with E-state index in [-0.39, 0.29) is 12.5 Å². The average molecular weight is 916 g/mol. The number of nitrogens with one attached hydrogen (secondary N) is 2. The van der Waals surface area contributed by atoms with Gasteiger partial charge in [-0.1, -0.05) is 130 Å². The number of hydrogen-bond donors (Lipinski definition) is 2. The molecule has 0 bridgehead atoms. The van der Waals surface area contributed by atoms with Crippen molar-refractivity contribution in [2.45, 2.75) is 191 Å². The Morgan fingerprint density at radius 2 is 1.40 bits per heavy atom. The van der Waals surface area contributed by atoms with Crippen LogP contribution in [-0.2, 0) is 0 Å². The summed E-state index contributed by atoms with van der Waals surface area (Å²) in [5, 5.41) is 8.82. The Hall–Kier alpha value is -2.70. The van der Waals surface area contributed by atoms with E-state index in [1.807, 2.05) is 5.57 Å². The van der Waals surface area contributed by atoms with Crippen LogP contribution < -0.4 is 10.6 Å². The SMILES string of the molecule is CC1CC=CC2C3C=C(C4CCC5C(C4)C4C=CC=CC4N5C4NC(C5=CC(C6CCC7C=CC=CC7C6)CCC5)NC(C5CC=CCC5)N4C)C(C)C3N(C3=CC(C4CCCCC4)CCC3)C12. The molecule has 20 atom stereocenters.